The van der Waals surface area contributed by atoms with Gasteiger partial charge in [-0.2, -0.15) is 0 Å². The van der Waals surface area contributed by atoms with Crippen LogP contribution in [0.15, 0.2) is 109 Å². The number of unbranched alkanes of at least 4 members (excludes halogenated alkanes) is 7. The van der Waals surface area contributed by atoms with Gasteiger partial charge in [0, 0.05) is 12.8 Å². The van der Waals surface area contributed by atoms with E-state index < -0.39 is 72.3 Å². The molecule has 0 aliphatic carbocycles. The van der Waals surface area contributed by atoms with Crippen molar-refractivity contribution in [2.75, 3.05) is 26.4 Å². The molecular formula is C48H78O14P2. The third-order valence-electron chi connectivity index (χ3n) is 8.73. The van der Waals surface area contributed by atoms with Crippen molar-refractivity contribution < 1.29 is 66.7 Å². The van der Waals surface area contributed by atoms with Crippen molar-refractivity contribution in [1.29, 1.82) is 0 Å². The minimum atomic E-state index is -4.89. The number of aliphatic hydroxyl groups excluding tert-OH is 2. The first kappa shape index (κ1) is 60.7. The predicted molar refractivity (Wildman–Crippen MR) is 254 cm³/mol. The highest BCUT2D eigenvalue weighted by molar-refractivity contribution is 7.47. The Morgan fingerprint density at radius 3 is 1.70 bits per heavy atom. The summed E-state index contributed by atoms with van der Waals surface area (Å²) in [7, 11) is -9.75. The number of carbonyl (C=O) groups excluding carboxylic acids is 2. The average molecular weight is 941 g/mol. The Hall–Kier alpha value is -3.26. The van der Waals surface area contributed by atoms with E-state index in [1.165, 1.54) is 38.5 Å². The maximum Gasteiger partial charge on any atom is 0.472 e. The van der Waals surface area contributed by atoms with Crippen LogP contribution in [0.2, 0.25) is 0 Å². The average Bonchev–Trinajstić information content (AvgIpc) is 3.25. The smallest absolute Gasteiger partial charge is 0.462 e. The molecule has 0 fully saturated rings. The fourth-order valence-corrected chi connectivity index (χ4v) is 6.45. The number of ether oxygens (including phenoxy) is 2. The highest BCUT2D eigenvalue weighted by Crippen LogP contribution is 2.43. The van der Waals surface area contributed by atoms with E-state index >= 15 is 0 Å². The maximum atomic E-state index is 12.6. The molecule has 0 rings (SSSR count). The number of hydrogen-bond acceptors (Lipinski definition) is 11. The molecule has 0 spiro atoms. The van der Waals surface area contributed by atoms with Gasteiger partial charge in [-0.15, -0.1) is 0 Å². The zero-order valence-corrected chi connectivity index (χ0v) is 40.0. The summed E-state index contributed by atoms with van der Waals surface area (Å²) in [6, 6.07) is 0. The lowest BCUT2D eigenvalue weighted by Gasteiger charge is -2.20. The number of carbonyl (C=O) groups is 2. The Morgan fingerprint density at radius 1 is 0.531 bits per heavy atom. The minimum absolute atomic E-state index is 0.0339. The highest BCUT2D eigenvalue weighted by Gasteiger charge is 2.28. The number of rotatable bonds is 41. The van der Waals surface area contributed by atoms with Crippen molar-refractivity contribution in [2.45, 2.75) is 154 Å². The van der Waals surface area contributed by atoms with Gasteiger partial charge in [0.2, 0.25) is 0 Å². The molecule has 0 aliphatic heterocycles. The lowest BCUT2D eigenvalue weighted by atomic mass is 10.1. The molecule has 2 unspecified atom stereocenters. The van der Waals surface area contributed by atoms with Crippen LogP contribution in [0.3, 0.4) is 0 Å². The van der Waals surface area contributed by atoms with E-state index in [-0.39, 0.29) is 12.8 Å². The largest absolute Gasteiger partial charge is 0.472 e. The fraction of sp³-hybridized carbons (Fsp3) is 0.583. The summed E-state index contributed by atoms with van der Waals surface area (Å²) in [6.45, 7) is 1.40. The van der Waals surface area contributed by atoms with Crippen LogP contribution >= 0.6 is 15.6 Å². The van der Waals surface area contributed by atoms with Gasteiger partial charge >= 0.3 is 27.6 Å². The number of phosphoric ester groups is 2. The SMILES string of the molecule is CC/C=C\C/C=C\CC(O)/C=C/C=C\C/C=C\C/C=C\CCC(=O)O[C@H](COC(=O)CCC/C=C\C/C=C\C/C=C\CCCCCCCC)COP(=O)(O)OC[C@@H](O)COP(=O)(O)O. The second-order valence-electron chi connectivity index (χ2n) is 14.8. The van der Waals surface area contributed by atoms with Crippen LogP contribution in [0.25, 0.3) is 0 Å². The van der Waals surface area contributed by atoms with E-state index in [2.05, 4.69) is 59.4 Å². The lowest BCUT2D eigenvalue weighted by molar-refractivity contribution is -0.161. The zero-order chi connectivity index (χ0) is 47.4. The third-order valence-corrected chi connectivity index (χ3v) is 10.2. The van der Waals surface area contributed by atoms with Crippen molar-refractivity contribution in [3.63, 3.8) is 0 Å². The molecule has 0 saturated carbocycles. The molecule has 0 aromatic carbocycles. The minimum Gasteiger partial charge on any atom is -0.462 e. The van der Waals surface area contributed by atoms with Gasteiger partial charge in [0.05, 0.1) is 25.9 Å². The second kappa shape index (κ2) is 42.4. The number of allylic oxidation sites excluding steroid dienone is 16. The quantitative estimate of drug-likeness (QED) is 0.0127. The van der Waals surface area contributed by atoms with Gasteiger partial charge in [-0.05, 0) is 77.0 Å². The molecule has 0 radical (unpaired) electrons. The van der Waals surface area contributed by atoms with E-state index in [4.69, 9.17) is 23.8 Å². The van der Waals surface area contributed by atoms with Crippen molar-refractivity contribution in [2.24, 2.45) is 0 Å². The summed E-state index contributed by atoms with van der Waals surface area (Å²) in [5, 5.41) is 19.8. The summed E-state index contributed by atoms with van der Waals surface area (Å²) >= 11 is 0. The van der Waals surface area contributed by atoms with E-state index in [1.54, 1.807) is 6.08 Å². The topological polar surface area (TPSA) is 216 Å². The van der Waals surface area contributed by atoms with Crippen LogP contribution in [0.1, 0.15) is 136 Å². The van der Waals surface area contributed by atoms with E-state index in [9.17, 15) is 33.8 Å². The molecule has 4 atom stereocenters. The Morgan fingerprint density at radius 2 is 1.06 bits per heavy atom. The zero-order valence-electron chi connectivity index (χ0n) is 38.2. The molecule has 0 bridgehead atoms. The number of aliphatic hydroxyl groups is 2. The van der Waals surface area contributed by atoms with Crippen molar-refractivity contribution in [1.82, 2.24) is 0 Å². The van der Waals surface area contributed by atoms with Crippen molar-refractivity contribution in [3.05, 3.63) is 109 Å². The summed E-state index contributed by atoms with van der Waals surface area (Å²) < 4.78 is 47.6. The van der Waals surface area contributed by atoms with E-state index in [0.29, 0.717) is 38.5 Å². The molecule has 14 nitrogen and oxygen atoms in total. The van der Waals surface area contributed by atoms with Gasteiger partial charge in [-0.3, -0.25) is 23.2 Å². The lowest BCUT2D eigenvalue weighted by Crippen LogP contribution is -2.29. The first-order valence-electron chi connectivity index (χ1n) is 22.7. The van der Waals surface area contributed by atoms with Gasteiger partial charge in [0.25, 0.3) is 0 Å². The maximum absolute atomic E-state index is 12.6. The monoisotopic (exact) mass is 940 g/mol. The Balaban J connectivity index is 4.78. The molecule has 0 heterocycles. The first-order chi connectivity index (χ1) is 30.8. The predicted octanol–water partition coefficient (Wildman–Crippen LogP) is 10.9. The Labute approximate surface area is 383 Å². The van der Waals surface area contributed by atoms with Crippen LogP contribution in [-0.2, 0) is 41.8 Å². The fourth-order valence-electron chi connectivity index (χ4n) is 5.30. The van der Waals surface area contributed by atoms with Crippen LogP contribution in [0.4, 0.5) is 0 Å². The molecule has 64 heavy (non-hydrogen) atoms. The van der Waals surface area contributed by atoms with Crippen molar-refractivity contribution >= 4 is 27.6 Å². The van der Waals surface area contributed by atoms with Gasteiger partial charge in [-0.25, -0.2) is 9.13 Å². The van der Waals surface area contributed by atoms with Crippen molar-refractivity contribution in [3.8, 4) is 0 Å². The molecule has 16 heteroatoms. The van der Waals surface area contributed by atoms with Gasteiger partial charge in [0.1, 0.15) is 12.7 Å². The molecule has 0 aromatic rings. The van der Waals surface area contributed by atoms with Crippen LogP contribution in [0.5, 0.6) is 0 Å². The highest BCUT2D eigenvalue weighted by atomic mass is 31.2. The number of hydrogen-bond donors (Lipinski definition) is 5. The molecule has 364 valence electrons. The van der Waals surface area contributed by atoms with Gasteiger partial charge < -0.3 is 34.4 Å². The third kappa shape index (κ3) is 45.3. The van der Waals surface area contributed by atoms with Crippen LogP contribution in [-0.4, -0.2) is 81.6 Å². The summed E-state index contributed by atoms with van der Waals surface area (Å²) in [5.41, 5.74) is 0. The van der Waals surface area contributed by atoms with Crippen LogP contribution in [0, 0.1) is 0 Å². The second-order valence-corrected chi connectivity index (χ2v) is 17.5. The standard InChI is InChI=1S/C48H78O14P2/c1-3-5-7-9-11-12-13-14-15-16-17-18-19-23-26-30-34-38-47(51)58-42-46(43-61-64(56,57)60-41-45(50)40-59-63(53,54)55)62-48(52)39-35-31-27-24-21-20-22-25-29-33-37-44(49)36-32-28-10-8-6-4-2/h6,8,14-15,17-18,20-21,23,25-29,31-33,37,44-46,49-50H,3-5,7,9-13,16,19,22,24,30,34-36,38-43H2,1-2H3,(H,56,57)(H2,53,54,55)/b8-6-,15-14-,18-17-,21-20-,26-23-,29-25-,31-27-,32-28-,37-33+/t44?,45-,46+/m0/s1. The van der Waals surface area contributed by atoms with Gasteiger partial charge in [-0.1, -0.05) is 155 Å². The molecule has 0 saturated heterocycles. The normalized spacial score (nSPS) is 15.4. The summed E-state index contributed by atoms with van der Waals surface area (Å²) in [4.78, 5) is 52.7. The van der Waals surface area contributed by atoms with E-state index in [0.717, 1.165) is 32.1 Å². The number of phosphoric acid groups is 2. The molecule has 0 amide bonds. The Kier molecular flexibility index (Phi) is 40.2. The van der Waals surface area contributed by atoms with Crippen LogP contribution < -0.4 is 0 Å². The summed E-state index contributed by atoms with van der Waals surface area (Å²) in [6.07, 6.45) is 48.4. The first-order valence-corrected chi connectivity index (χ1v) is 25.7. The molecule has 5 N–H and O–H groups in total. The molecular weight excluding hydrogens is 862 g/mol. The van der Waals surface area contributed by atoms with Gasteiger partial charge in [0.15, 0.2) is 6.10 Å². The molecule has 0 aromatic heterocycles. The number of esters is 2. The Bertz CT molecular complexity index is 1560. The molecule has 0 aliphatic rings. The summed E-state index contributed by atoms with van der Waals surface area (Å²) in [5.74, 6) is -1.23. The van der Waals surface area contributed by atoms with E-state index in [1.807, 2.05) is 66.8 Å².